The first kappa shape index (κ1) is 13.5. The summed E-state index contributed by atoms with van der Waals surface area (Å²) >= 11 is 0. The van der Waals surface area contributed by atoms with E-state index in [2.05, 4.69) is 17.6 Å². The summed E-state index contributed by atoms with van der Waals surface area (Å²) in [7, 11) is 0. The highest BCUT2D eigenvalue weighted by Gasteiger charge is 2.21. The number of amides is 1. The number of carbonyl (C=O) groups excluding carboxylic acids is 1. The largest absolute Gasteiger partial charge is 0.381 e. The van der Waals surface area contributed by atoms with E-state index in [9.17, 15) is 4.79 Å². The Morgan fingerprint density at radius 2 is 2.19 bits per heavy atom. The maximum absolute atomic E-state index is 11.3. The van der Waals surface area contributed by atoms with Crippen LogP contribution in [0.2, 0.25) is 0 Å². The number of carbonyl (C=O) groups is 1. The quantitative estimate of drug-likeness (QED) is 0.547. The van der Waals surface area contributed by atoms with Crippen molar-refractivity contribution >= 4 is 5.91 Å². The molecule has 0 aromatic carbocycles. The van der Waals surface area contributed by atoms with Crippen molar-refractivity contribution in [3.8, 4) is 0 Å². The van der Waals surface area contributed by atoms with Crippen LogP contribution in [0.4, 0.5) is 0 Å². The fourth-order valence-electron chi connectivity index (χ4n) is 1.39. The van der Waals surface area contributed by atoms with Crippen LogP contribution in [0, 0.1) is 5.92 Å². The van der Waals surface area contributed by atoms with Crippen LogP contribution in [-0.2, 0) is 9.53 Å². The number of hydrogen-bond donors (Lipinski definition) is 2. The van der Waals surface area contributed by atoms with Gasteiger partial charge in [0, 0.05) is 19.8 Å². The maximum atomic E-state index is 11.3. The molecule has 0 spiro atoms. The molecule has 1 saturated carbocycles. The summed E-state index contributed by atoms with van der Waals surface area (Å²) in [5.41, 5.74) is 0. The lowest BCUT2D eigenvalue weighted by Crippen LogP contribution is -2.35. The minimum absolute atomic E-state index is 0.112. The van der Waals surface area contributed by atoms with Crippen molar-refractivity contribution in [1.82, 2.24) is 10.6 Å². The molecule has 0 radical (unpaired) electrons. The van der Waals surface area contributed by atoms with Crippen LogP contribution >= 0.6 is 0 Å². The van der Waals surface area contributed by atoms with Crippen LogP contribution < -0.4 is 10.6 Å². The van der Waals surface area contributed by atoms with Gasteiger partial charge in [-0.25, -0.2) is 0 Å². The number of ether oxygens (including phenoxy) is 1. The summed E-state index contributed by atoms with van der Waals surface area (Å²) in [4.78, 5) is 11.3. The normalized spacial score (nSPS) is 15.1. The van der Waals surface area contributed by atoms with Crippen molar-refractivity contribution in [3.63, 3.8) is 0 Å². The zero-order valence-electron chi connectivity index (χ0n) is 10.3. The van der Waals surface area contributed by atoms with E-state index >= 15 is 0 Å². The Labute approximate surface area is 98.1 Å². The Kier molecular flexibility index (Phi) is 7.17. The first-order valence-electron chi connectivity index (χ1n) is 6.38. The summed E-state index contributed by atoms with van der Waals surface area (Å²) < 4.78 is 5.34. The lowest BCUT2D eigenvalue weighted by molar-refractivity contribution is -0.120. The summed E-state index contributed by atoms with van der Waals surface area (Å²) in [5.74, 6) is 0.868. The Morgan fingerprint density at radius 1 is 1.38 bits per heavy atom. The molecule has 0 aromatic heterocycles. The van der Waals surface area contributed by atoms with Crippen LogP contribution in [0.15, 0.2) is 0 Å². The number of rotatable bonds is 10. The third-order valence-corrected chi connectivity index (χ3v) is 2.56. The first-order valence-corrected chi connectivity index (χ1v) is 6.38. The zero-order valence-corrected chi connectivity index (χ0v) is 10.3. The lowest BCUT2D eigenvalue weighted by atomic mass is 10.4. The molecule has 4 nitrogen and oxygen atoms in total. The molecule has 0 unspecified atom stereocenters. The molecule has 0 saturated heterocycles. The van der Waals surface area contributed by atoms with Gasteiger partial charge in [0.25, 0.3) is 0 Å². The monoisotopic (exact) mass is 228 g/mol. The molecule has 1 fully saturated rings. The second-order valence-corrected chi connectivity index (χ2v) is 4.39. The second kappa shape index (κ2) is 8.53. The fraction of sp³-hybridized carbons (Fsp3) is 0.917. The molecule has 0 aliphatic heterocycles. The molecule has 0 atom stereocenters. The van der Waals surface area contributed by atoms with Crippen LogP contribution in [0.5, 0.6) is 0 Å². The van der Waals surface area contributed by atoms with Crippen molar-refractivity contribution in [2.24, 2.45) is 5.92 Å². The van der Waals surface area contributed by atoms with Crippen LogP contribution in [0.25, 0.3) is 0 Å². The molecule has 1 rings (SSSR count). The third-order valence-electron chi connectivity index (χ3n) is 2.56. The predicted octanol–water partition coefficient (Wildman–Crippen LogP) is 0.919. The van der Waals surface area contributed by atoms with Gasteiger partial charge in [-0.2, -0.15) is 0 Å². The van der Waals surface area contributed by atoms with Crippen molar-refractivity contribution < 1.29 is 9.53 Å². The molecule has 94 valence electrons. The van der Waals surface area contributed by atoms with E-state index in [-0.39, 0.29) is 5.91 Å². The van der Waals surface area contributed by atoms with Gasteiger partial charge in [-0.05, 0) is 38.1 Å². The van der Waals surface area contributed by atoms with Gasteiger partial charge < -0.3 is 15.4 Å². The van der Waals surface area contributed by atoms with Crippen molar-refractivity contribution in [2.45, 2.75) is 32.6 Å². The molecular weight excluding hydrogens is 204 g/mol. The first-order chi connectivity index (χ1) is 7.83. The van der Waals surface area contributed by atoms with E-state index in [0.29, 0.717) is 6.54 Å². The summed E-state index contributed by atoms with van der Waals surface area (Å²) in [6, 6.07) is 0. The average molecular weight is 228 g/mol. The lowest BCUT2D eigenvalue weighted by Gasteiger charge is -2.06. The molecule has 1 aliphatic carbocycles. The SMILES string of the molecule is CCCOCCCNCC(=O)NCC1CC1. The summed E-state index contributed by atoms with van der Waals surface area (Å²) in [5, 5.41) is 6.04. The standard InChI is InChI=1S/C12H24N2O2/c1-2-7-16-8-3-6-13-10-12(15)14-9-11-4-5-11/h11,13H,2-10H2,1H3,(H,14,15). The minimum Gasteiger partial charge on any atom is -0.381 e. The van der Waals surface area contributed by atoms with E-state index < -0.39 is 0 Å². The predicted molar refractivity (Wildman–Crippen MR) is 64.3 cm³/mol. The van der Waals surface area contributed by atoms with Gasteiger partial charge >= 0.3 is 0 Å². The molecule has 2 N–H and O–H groups in total. The van der Waals surface area contributed by atoms with Gasteiger partial charge in [0.1, 0.15) is 0 Å². The Bertz CT molecular complexity index is 193. The molecule has 1 aliphatic rings. The molecular formula is C12H24N2O2. The Hall–Kier alpha value is -0.610. The van der Waals surface area contributed by atoms with Crippen LogP contribution in [0.3, 0.4) is 0 Å². The average Bonchev–Trinajstić information content (AvgIpc) is 3.09. The van der Waals surface area contributed by atoms with Crippen molar-refractivity contribution in [1.29, 1.82) is 0 Å². The third kappa shape index (κ3) is 7.65. The van der Waals surface area contributed by atoms with E-state index in [1.807, 2.05) is 0 Å². The van der Waals surface area contributed by atoms with Crippen LogP contribution in [-0.4, -0.2) is 38.8 Å². The van der Waals surface area contributed by atoms with Gasteiger partial charge in [0.05, 0.1) is 6.54 Å². The molecule has 0 heterocycles. The fourth-order valence-corrected chi connectivity index (χ4v) is 1.39. The van der Waals surface area contributed by atoms with E-state index in [1.165, 1.54) is 12.8 Å². The van der Waals surface area contributed by atoms with Gasteiger partial charge in [0.2, 0.25) is 5.91 Å². The van der Waals surface area contributed by atoms with Crippen molar-refractivity contribution in [3.05, 3.63) is 0 Å². The van der Waals surface area contributed by atoms with Gasteiger partial charge in [-0.1, -0.05) is 6.92 Å². The van der Waals surface area contributed by atoms with Crippen molar-refractivity contribution in [2.75, 3.05) is 32.8 Å². The van der Waals surface area contributed by atoms with Gasteiger partial charge in [0.15, 0.2) is 0 Å². The van der Waals surface area contributed by atoms with Gasteiger partial charge in [-0.15, -0.1) is 0 Å². The number of hydrogen-bond acceptors (Lipinski definition) is 3. The number of nitrogens with one attached hydrogen (secondary N) is 2. The molecule has 16 heavy (non-hydrogen) atoms. The van der Waals surface area contributed by atoms with Crippen LogP contribution in [0.1, 0.15) is 32.6 Å². The Balaban J connectivity index is 1.76. The topological polar surface area (TPSA) is 50.4 Å². The molecule has 0 bridgehead atoms. The van der Waals surface area contributed by atoms with Gasteiger partial charge in [-0.3, -0.25) is 4.79 Å². The molecule has 1 amide bonds. The smallest absolute Gasteiger partial charge is 0.233 e. The van der Waals surface area contributed by atoms with E-state index in [1.54, 1.807) is 0 Å². The van der Waals surface area contributed by atoms with E-state index in [4.69, 9.17) is 4.74 Å². The molecule has 4 heteroatoms. The van der Waals surface area contributed by atoms with E-state index in [0.717, 1.165) is 45.1 Å². The summed E-state index contributed by atoms with van der Waals surface area (Å²) in [6.07, 6.45) is 4.60. The minimum atomic E-state index is 0.112. The zero-order chi connectivity index (χ0) is 11.6. The highest BCUT2D eigenvalue weighted by molar-refractivity contribution is 5.77. The second-order valence-electron chi connectivity index (χ2n) is 4.39. The maximum Gasteiger partial charge on any atom is 0.233 e. The Morgan fingerprint density at radius 3 is 2.88 bits per heavy atom. The highest BCUT2D eigenvalue weighted by atomic mass is 16.5. The highest BCUT2D eigenvalue weighted by Crippen LogP contribution is 2.27. The molecule has 0 aromatic rings. The summed E-state index contributed by atoms with van der Waals surface area (Å²) in [6.45, 7) is 5.86.